The fourth-order valence-corrected chi connectivity index (χ4v) is 3.22. The van der Waals surface area contributed by atoms with Gasteiger partial charge in [0.1, 0.15) is 5.56 Å². The van der Waals surface area contributed by atoms with Crippen molar-refractivity contribution in [3.63, 3.8) is 0 Å². The van der Waals surface area contributed by atoms with Gasteiger partial charge in [-0.25, -0.2) is 4.79 Å². The number of allylic oxidation sites excluding steroid dienone is 1. The molecule has 32 heavy (non-hydrogen) atoms. The Morgan fingerprint density at radius 1 is 1.03 bits per heavy atom. The summed E-state index contributed by atoms with van der Waals surface area (Å²) in [6, 6.07) is 15.6. The van der Waals surface area contributed by atoms with E-state index >= 15 is 0 Å². The molecule has 0 aliphatic rings. The van der Waals surface area contributed by atoms with Gasteiger partial charge in [0.05, 0.1) is 5.69 Å². The van der Waals surface area contributed by atoms with E-state index in [1.54, 1.807) is 48.5 Å². The normalized spacial score (nSPS) is 11.0. The number of benzene rings is 2. The Morgan fingerprint density at radius 2 is 1.69 bits per heavy atom. The second-order valence-electron chi connectivity index (χ2n) is 7.23. The molecule has 1 N–H and O–H groups in total. The molecule has 164 valence electrons. The fourth-order valence-electron chi connectivity index (χ4n) is 3.22. The third kappa shape index (κ3) is 4.83. The summed E-state index contributed by atoms with van der Waals surface area (Å²) in [4.78, 5) is 42.1. The van der Waals surface area contributed by atoms with Crippen molar-refractivity contribution >= 4 is 17.7 Å². The lowest BCUT2D eigenvalue weighted by molar-refractivity contribution is 0.103. The van der Waals surface area contributed by atoms with Crippen molar-refractivity contribution in [2.24, 2.45) is 4.99 Å². The lowest BCUT2D eigenvalue weighted by atomic mass is 10.0. The summed E-state index contributed by atoms with van der Waals surface area (Å²) < 4.78 is 2.20. The predicted molar refractivity (Wildman–Crippen MR) is 125 cm³/mol. The highest BCUT2D eigenvalue weighted by Crippen LogP contribution is 2.17. The fraction of sp³-hybridized carbons (Fsp3) is 0.200. The first-order chi connectivity index (χ1) is 15.5. The molecule has 0 saturated carbocycles. The van der Waals surface area contributed by atoms with Gasteiger partial charge in [0.15, 0.2) is 5.78 Å². The van der Waals surface area contributed by atoms with Crippen LogP contribution in [0.25, 0.3) is 0 Å². The zero-order chi connectivity index (χ0) is 23.1. The predicted octanol–water partition coefficient (Wildman–Crippen LogP) is 3.68. The van der Waals surface area contributed by atoms with Crippen LogP contribution in [-0.4, -0.2) is 26.2 Å². The Kier molecular flexibility index (Phi) is 7.33. The quantitative estimate of drug-likeness (QED) is 0.318. The molecule has 0 bridgehead atoms. The van der Waals surface area contributed by atoms with E-state index in [1.807, 2.05) is 13.0 Å². The zero-order valence-electron chi connectivity index (χ0n) is 17.9. The lowest BCUT2D eigenvalue weighted by Crippen LogP contribution is -2.41. The van der Waals surface area contributed by atoms with Gasteiger partial charge in [-0.15, -0.1) is 6.58 Å². The van der Waals surface area contributed by atoms with Crippen molar-refractivity contribution in [3.8, 4) is 5.88 Å². The number of unbranched alkanes of at least 4 members (excludes halogenated alkanes) is 1. The number of aromatic nitrogens is 2. The summed E-state index contributed by atoms with van der Waals surface area (Å²) in [5.74, 6) is -0.512. The van der Waals surface area contributed by atoms with Crippen molar-refractivity contribution in [2.75, 3.05) is 0 Å². The van der Waals surface area contributed by atoms with Gasteiger partial charge in [0, 0.05) is 30.4 Å². The number of hydrogen-bond donors (Lipinski definition) is 1. The van der Waals surface area contributed by atoms with Gasteiger partial charge in [-0.1, -0.05) is 49.8 Å². The second-order valence-corrected chi connectivity index (χ2v) is 7.23. The van der Waals surface area contributed by atoms with Gasteiger partial charge >= 0.3 is 5.69 Å². The minimum atomic E-state index is -0.639. The number of carbonyl (C=O) groups is 1. The number of rotatable bonds is 9. The van der Waals surface area contributed by atoms with E-state index in [-0.39, 0.29) is 24.4 Å². The average molecular weight is 431 g/mol. The summed E-state index contributed by atoms with van der Waals surface area (Å²) >= 11 is 0. The molecule has 0 spiro atoms. The maximum absolute atomic E-state index is 12.8. The van der Waals surface area contributed by atoms with Crippen molar-refractivity contribution in [1.82, 2.24) is 9.13 Å². The van der Waals surface area contributed by atoms with Crippen LogP contribution in [0.1, 0.15) is 41.3 Å². The maximum Gasteiger partial charge on any atom is 0.334 e. The van der Waals surface area contributed by atoms with Crippen LogP contribution < -0.4 is 11.2 Å². The maximum atomic E-state index is 12.8. The van der Waals surface area contributed by atoms with Crippen molar-refractivity contribution in [3.05, 3.63) is 105 Å². The number of carbonyl (C=O) groups excluding carboxylic acids is 1. The van der Waals surface area contributed by atoms with Gasteiger partial charge in [-0.2, -0.15) is 0 Å². The molecule has 0 aliphatic heterocycles. The van der Waals surface area contributed by atoms with Crippen LogP contribution in [0.4, 0.5) is 5.69 Å². The van der Waals surface area contributed by atoms with Crippen molar-refractivity contribution in [1.29, 1.82) is 0 Å². The van der Waals surface area contributed by atoms with E-state index in [2.05, 4.69) is 11.6 Å². The topological polar surface area (TPSA) is 93.7 Å². The van der Waals surface area contributed by atoms with E-state index in [0.29, 0.717) is 23.2 Å². The van der Waals surface area contributed by atoms with Crippen LogP contribution in [0.3, 0.4) is 0 Å². The average Bonchev–Trinajstić information content (AvgIpc) is 2.82. The molecule has 0 fully saturated rings. The van der Waals surface area contributed by atoms with E-state index < -0.39 is 17.1 Å². The Bertz CT molecular complexity index is 1250. The Morgan fingerprint density at radius 3 is 2.31 bits per heavy atom. The van der Waals surface area contributed by atoms with Crippen LogP contribution in [-0.2, 0) is 13.1 Å². The molecule has 3 aromatic rings. The van der Waals surface area contributed by atoms with Gasteiger partial charge in [-0.3, -0.25) is 23.7 Å². The van der Waals surface area contributed by atoms with Gasteiger partial charge in [0.25, 0.3) is 5.56 Å². The molecule has 0 aliphatic carbocycles. The largest absolute Gasteiger partial charge is 0.494 e. The van der Waals surface area contributed by atoms with E-state index in [4.69, 9.17) is 0 Å². The minimum absolute atomic E-state index is 0.0290. The molecule has 2 aromatic carbocycles. The smallest absolute Gasteiger partial charge is 0.334 e. The zero-order valence-corrected chi connectivity index (χ0v) is 17.9. The molecule has 0 saturated heterocycles. The third-order valence-electron chi connectivity index (χ3n) is 4.99. The van der Waals surface area contributed by atoms with Crippen molar-refractivity contribution in [2.45, 2.75) is 32.9 Å². The molecule has 0 atom stereocenters. The Labute approximate surface area is 185 Å². The summed E-state index contributed by atoms with van der Waals surface area (Å²) in [5, 5.41) is 10.6. The molecule has 7 heteroatoms. The van der Waals surface area contributed by atoms with Crippen LogP contribution in [0, 0.1) is 0 Å². The van der Waals surface area contributed by atoms with E-state index in [9.17, 15) is 19.5 Å². The lowest BCUT2D eigenvalue weighted by Gasteiger charge is -2.13. The third-order valence-corrected chi connectivity index (χ3v) is 4.99. The summed E-state index contributed by atoms with van der Waals surface area (Å²) in [5.41, 5.74) is 0.300. The SMILES string of the molecule is C=CCn1c(=O)c(C=Nc2ccc(C(=O)c3ccccc3)cc2)c(O)n(CCCC)c1=O. The number of aliphatic imine (C=N–C) groups is 1. The molecule has 3 rings (SSSR count). The minimum Gasteiger partial charge on any atom is -0.494 e. The molecule has 0 amide bonds. The van der Waals surface area contributed by atoms with Crippen LogP contribution in [0.2, 0.25) is 0 Å². The molecule has 0 unspecified atom stereocenters. The highest BCUT2D eigenvalue weighted by Gasteiger charge is 2.17. The summed E-state index contributed by atoms with van der Waals surface area (Å²) in [6.45, 7) is 5.87. The molecule has 0 radical (unpaired) electrons. The number of nitrogens with zero attached hydrogens (tertiary/aromatic N) is 3. The van der Waals surface area contributed by atoms with E-state index in [0.717, 1.165) is 11.0 Å². The number of ketones is 1. The van der Waals surface area contributed by atoms with Gasteiger partial charge < -0.3 is 5.11 Å². The number of hydrogen-bond acceptors (Lipinski definition) is 5. The highest BCUT2D eigenvalue weighted by atomic mass is 16.3. The van der Waals surface area contributed by atoms with Crippen LogP contribution in [0.5, 0.6) is 5.88 Å². The molecular formula is C25H25N3O4. The van der Waals surface area contributed by atoms with Crippen molar-refractivity contribution < 1.29 is 9.90 Å². The standard InChI is InChI=1S/C25H25N3O4/c1-3-5-16-28-24(31)21(23(30)27(15-4-2)25(28)32)17-26-20-13-11-19(12-14-20)22(29)18-9-7-6-8-10-18/h4,6-14,17,31H,2-3,5,15-16H2,1H3. The van der Waals surface area contributed by atoms with Gasteiger partial charge in [0.2, 0.25) is 5.88 Å². The molecule has 1 aromatic heterocycles. The molecule has 7 nitrogen and oxygen atoms in total. The van der Waals surface area contributed by atoms with E-state index in [1.165, 1.54) is 16.9 Å². The first kappa shape index (κ1) is 22.7. The first-order valence-corrected chi connectivity index (χ1v) is 10.4. The second kappa shape index (κ2) is 10.3. The Balaban J connectivity index is 1.94. The monoisotopic (exact) mass is 431 g/mol. The number of aromatic hydroxyl groups is 1. The Hall–Kier alpha value is -4.00. The highest BCUT2D eigenvalue weighted by molar-refractivity contribution is 6.09. The van der Waals surface area contributed by atoms with Gasteiger partial charge in [-0.05, 0) is 30.7 Å². The summed E-state index contributed by atoms with van der Waals surface area (Å²) in [6.07, 6.45) is 4.19. The van der Waals surface area contributed by atoms with Crippen LogP contribution in [0.15, 0.2) is 81.8 Å². The first-order valence-electron chi connectivity index (χ1n) is 10.4. The molecular weight excluding hydrogens is 406 g/mol. The van der Waals surface area contributed by atoms with Crippen LogP contribution >= 0.6 is 0 Å². The molecule has 1 heterocycles. The summed E-state index contributed by atoms with van der Waals surface area (Å²) in [7, 11) is 0.